The van der Waals surface area contributed by atoms with Crippen LogP contribution in [0.4, 0.5) is 0 Å². The number of hydrogen-bond donors (Lipinski definition) is 4. The molecule has 0 aliphatic heterocycles. The lowest BCUT2D eigenvalue weighted by atomic mass is 9.96. The molecule has 6 heteroatoms. The van der Waals surface area contributed by atoms with E-state index in [2.05, 4.69) is 5.32 Å². The highest BCUT2D eigenvalue weighted by molar-refractivity contribution is 5.78. The van der Waals surface area contributed by atoms with Crippen LogP contribution >= 0.6 is 0 Å². The van der Waals surface area contributed by atoms with Crippen LogP contribution in [0.25, 0.3) is 0 Å². The first-order valence-electron chi connectivity index (χ1n) is 6.33. The highest BCUT2D eigenvalue weighted by atomic mass is 16.5. The Balaban J connectivity index is 2.84. The van der Waals surface area contributed by atoms with Crippen molar-refractivity contribution >= 4 is 5.97 Å². The molecule has 1 atom stereocenters. The molecule has 1 rings (SSSR count). The van der Waals surface area contributed by atoms with Gasteiger partial charge in [0, 0.05) is 6.54 Å². The van der Waals surface area contributed by atoms with Crippen molar-refractivity contribution in [3.05, 3.63) is 35.9 Å². The maximum absolute atomic E-state index is 11.8. The van der Waals surface area contributed by atoms with Gasteiger partial charge in [-0.05, 0) is 5.56 Å². The molecule has 1 unspecified atom stereocenters. The van der Waals surface area contributed by atoms with E-state index in [-0.39, 0.29) is 6.54 Å². The number of esters is 1. The van der Waals surface area contributed by atoms with Crippen molar-refractivity contribution in [2.24, 2.45) is 0 Å². The summed E-state index contributed by atoms with van der Waals surface area (Å²) < 4.78 is 4.77. The summed E-state index contributed by atoms with van der Waals surface area (Å²) in [7, 11) is 1.30. The van der Waals surface area contributed by atoms with Crippen molar-refractivity contribution in [3.8, 4) is 0 Å². The number of ether oxygens (including phenoxy) is 1. The Hall–Kier alpha value is -1.47. The molecule has 0 aliphatic carbocycles. The van der Waals surface area contributed by atoms with Gasteiger partial charge in [0.15, 0.2) is 0 Å². The van der Waals surface area contributed by atoms with Crippen LogP contribution in [-0.4, -0.2) is 60.3 Å². The quantitative estimate of drug-likeness (QED) is 0.469. The van der Waals surface area contributed by atoms with Crippen LogP contribution in [0.3, 0.4) is 0 Å². The van der Waals surface area contributed by atoms with Crippen LogP contribution in [0, 0.1) is 0 Å². The van der Waals surface area contributed by atoms with E-state index in [1.807, 2.05) is 18.2 Å². The van der Waals surface area contributed by atoms with Gasteiger partial charge >= 0.3 is 5.97 Å². The fraction of sp³-hybridized carbons (Fsp3) is 0.500. The molecule has 0 bridgehead atoms. The molecule has 4 N–H and O–H groups in total. The molecule has 112 valence electrons. The number of carbonyl (C=O) groups is 1. The second-order valence-electron chi connectivity index (χ2n) is 4.62. The van der Waals surface area contributed by atoms with Crippen molar-refractivity contribution in [1.82, 2.24) is 5.32 Å². The number of aliphatic hydroxyl groups is 3. The first-order chi connectivity index (χ1) is 9.62. The molecule has 1 aromatic carbocycles. The Kier molecular flexibility index (Phi) is 6.60. The molecule has 0 radical (unpaired) electrons. The van der Waals surface area contributed by atoms with Crippen molar-refractivity contribution < 1.29 is 24.9 Å². The summed E-state index contributed by atoms with van der Waals surface area (Å²) in [5, 5.41) is 30.6. The molecule has 0 heterocycles. The van der Waals surface area contributed by atoms with Gasteiger partial charge in [0.2, 0.25) is 0 Å². The number of methoxy groups -OCH3 is 1. The van der Waals surface area contributed by atoms with E-state index < -0.39 is 37.2 Å². The smallest absolute Gasteiger partial charge is 0.314 e. The summed E-state index contributed by atoms with van der Waals surface area (Å²) in [6, 6.07) is 9.04. The van der Waals surface area contributed by atoms with Gasteiger partial charge in [-0.15, -0.1) is 0 Å². The monoisotopic (exact) mass is 283 g/mol. The highest BCUT2D eigenvalue weighted by Gasteiger charge is 2.30. The molecule has 0 spiro atoms. The second-order valence-corrected chi connectivity index (χ2v) is 4.62. The number of benzene rings is 1. The average molecular weight is 283 g/mol. The van der Waals surface area contributed by atoms with Crippen molar-refractivity contribution in [2.45, 2.75) is 11.5 Å². The van der Waals surface area contributed by atoms with Crippen LogP contribution in [0.2, 0.25) is 0 Å². The fourth-order valence-corrected chi connectivity index (χ4v) is 1.80. The van der Waals surface area contributed by atoms with Crippen LogP contribution in [0.15, 0.2) is 30.3 Å². The Labute approximate surface area is 118 Å². The van der Waals surface area contributed by atoms with Gasteiger partial charge in [0.1, 0.15) is 0 Å². The number of nitrogens with one attached hydrogen (secondary N) is 1. The lowest BCUT2D eigenvalue weighted by Gasteiger charge is -2.30. The number of aliphatic hydroxyl groups excluding tert-OH is 3. The van der Waals surface area contributed by atoms with Crippen molar-refractivity contribution in [2.75, 3.05) is 33.5 Å². The van der Waals surface area contributed by atoms with Crippen LogP contribution in [0.5, 0.6) is 0 Å². The van der Waals surface area contributed by atoms with E-state index in [9.17, 15) is 20.1 Å². The number of hydrogen-bond acceptors (Lipinski definition) is 6. The summed E-state index contributed by atoms with van der Waals surface area (Å²) in [4.78, 5) is 11.8. The largest absolute Gasteiger partial charge is 0.469 e. The normalized spacial score (nSPS) is 13.0. The van der Waals surface area contributed by atoms with Gasteiger partial charge < -0.3 is 25.4 Å². The molecule has 0 saturated carbocycles. The molecule has 20 heavy (non-hydrogen) atoms. The van der Waals surface area contributed by atoms with Gasteiger partial charge in [-0.2, -0.15) is 0 Å². The minimum absolute atomic E-state index is 0.137. The Morgan fingerprint density at radius 3 is 2.20 bits per heavy atom. The minimum atomic E-state index is -1.22. The predicted molar refractivity (Wildman–Crippen MR) is 73.2 cm³/mol. The lowest BCUT2D eigenvalue weighted by Crippen LogP contribution is -2.56. The molecule has 0 fully saturated rings. The zero-order chi connectivity index (χ0) is 15.0. The minimum Gasteiger partial charge on any atom is -0.469 e. The maximum Gasteiger partial charge on any atom is 0.314 e. The van der Waals surface area contributed by atoms with Crippen molar-refractivity contribution in [1.29, 1.82) is 0 Å². The maximum atomic E-state index is 11.8. The standard InChI is InChI=1S/C14H21NO5/c1-20-13(19)12(11-5-3-2-4-6-11)7-15-14(8-16,9-17)10-18/h2-6,12,15-18H,7-10H2,1H3. The Bertz CT molecular complexity index is 397. The van der Waals surface area contributed by atoms with E-state index in [0.29, 0.717) is 0 Å². The first-order valence-corrected chi connectivity index (χ1v) is 6.33. The molecule has 0 saturated heterocycles. The molecule has 0 aromatic heterocycles. The summed E-state index contributed by atoms with van der Waals surface area (Å²) in [5.41, 5.74) is -0.462. The molecule has 0 aliphatic rings. The molecule has 1 aromatic rings. The third kappa shape index (κ3) is 4.01. The molecular formula is C14H21NO5. The van der Waals surface area contributed by atoms with Gasteiger partial charge in [0.05, 0.1) is 38.4 Å². The SMILES string of the molecule is COC(=O)C(CNC(CO)(CO)CO)c1ccccc1. The van der Waals surface area contributed by atoms with Crippen molar-refractivity contribution in [3.63, 3.8) is 0 Å². The van der Waals surface area contributed by atoms with E-state index in [1.165, 1.54) is 7.11 Å². The van der Waals surface area contributed by atoms with Crippen LogP contribution in [0.1, 0.15) is 11.5 Å². The van der Waals surface area contributed by atoms with E-state index in [4.69, 9.17) is 4.74 Å². The first kappa shape index (κ1) is 16.6. The van der Waals surface area contributed by atoms with Gasteiger partial charge in [0.25, 0.3) is 0 Å². The third-order valence-corrected chi connectivity index (χ3v) is 3.28. The zero-order valence-electron chi connectivity index (χ0n) is 11.5. The van der Waals surface area contributed by atoms with E-state index in [1.54, 1.807) is 12.1 Å². The second kappa shape index (κ2) is 7.96. The molecular weight excluding hydrogens is 262 g/mol. The van der Waals surface area contributed by atoms with Gasteiger partial charge in [-0.3, -0.25) is 4.79 Å². The summed E-state index contributed by atoms with van der Waals surface area (Å²) in [6.07, 6.45) is 0. The van der Waals surface area contributed by atoms with E-state index >= 15 is 0 Å². The topological polar surface area (TPSA) is 99.0 Å². The summed E-state index contributed by atoms with van der Waals surface area (Å²) in [6.45, 7) is -1.19. The summed E-state index contributed by atoms with van der Waals surface area (Å²) in [5.74, 6) is -1.00. The van der Waals surface area contributed by atoms with E-state index in [0.717, 1.165) is 5.56 Å². The number of carbonyl (C=O) groups excluding carboxylic acids is 1. The Morgan fingerprint density at radius 1 is 1.20 bits per heavy atom. The fourth-order valence-electron chi connectivity index (χ4n) is 1.80. The zero-order valence-corrected chi connectivity index (χ0v) is 11.5. The summed E-state index contributed by atoms with van der Waals surface area (Å²) >= 11 is 0. The van der Waals surface area contributed by atoms with Gasteiger partial charge in [-0.1, -0.05) is 30.3 Å². The average Bonchev–Trinajstić information content (AvgIpc) is 2.52. The van der Waals surface area contributed by atoms with Crippen LogP contribution < -0.4 is 5.32 Å². The lowest BCUT2D eigenvalue weighted by molar-refractivity contribution is -0.142. The Morgan fingerprint density at radius 2 is 1.75 bits per heavy atom. The third-order valence-electron chi connectivity index (χ3n) is 3.28. The highest BCUT2D eigenvalue weighted by Crippen LogP contribution is 2.17. The van der Waals surface area contributed by atoms with Gasteiger partial charge in [-0.25, -0.2) is 0 Å². The number of rotatable bonds is 8. The molecule has 0 amide bonds. The van der Waals surface area contributed by atoms with Crippen LogP contribution in [-0.2, 0) is 9.53 Å². The predicted octanol–water partition coefficient (Wildman–Crippen LogP) is -0.751. The molecule has 6 nitrogen and oxygen atoms in total.